The first-order valence-electron chi connectivity index (χ1n) is 6.03. The maximum absolute atomic E-state index is 14.0. The van der Waals surface area contributed by atoms with Crippen LogP contribution in [0.4, 0.5) is 4.39 Å². The van der Waals surface area contributed by atoms with E-state index in [4.69, 9.17) is 29.0 Å². The Balaban J connectivity index is 2.33. The molecule has 108 valence electrons. The Morgan fingerprint density at radius 1 is 1.45 bits per heavy atom. The van der Waals surface area contributed by atoms with Gasteiger partial charge in [-0.25, -0.2) is 4.39 Å². The lowest BCUT2D eigenvalue weighted by atomic mass is 9.99. The van der Waals surface area contributed by atoms with Crippen molar-refractivity contribution in [1.82, 2.24) is 15.2 Å². The van der Waals surface area contributed by atoms with E-state index in [9.17, 15) is 4.39 Å². The number of nitrogens with one attached hydrogen (secondary N) is 1. The van der Waals surface area contributed by atoms with Gasteiger partial charge in [-0.15, -0.1) is 0 Å². The van der Waals surface area contributed by atoms with E-state index in [2.05, 4.69) is 10.5 Å². The molecule has 20 heavy (non-hydrogen) atoms. The molecule has 7 heteroatoms. The third-order valence-corrected chi connectivity index (χ3v) is 3.93. The van der Waals surface area contributed by atoms with Crippen molar-refractivity contribution >= 4 is 23.2 Å². The van der Waals surface area contributed by atoms with E-state index in [1.165, 1.54) is 6.07 Å². The molecule has 0 spiro atoms. The summed E-state index contributed by atoms with van der Waals surface area (Å²) in [7, 11) is 1.76. The van der Waals surface area contributed by atoms with Crippen LogP contribution in [0.15, 0.2) is 18.2 Å². The molecule has 2 rings (SSSR count). The first kappa shape index (κ1) is 15.3. The van der Waals surface area contributed by atoms with E-state index in [0.29, 0.717) is 22.2 Å². The molecule has 4 nitrogen and oxygen atoms in total. The van der Waals surface area contributed by atoms with Crippen LogP contribution in [-0.4, -0.2) is 9.78 Å². The number of rotatable bonds is 4. The van der Waals surface area contributed by atoms with Crippen molar-refractivity contribution in [3.8, 4) is 0 Å². The van der Waals surface area contributed by atoms with Crippen molar-refractivity contribution in [2.75, 3.05) is 0 Å². The Hall–Kier alpha value is -1.14. The third-order valence-electron chi connectivity index (χ3n) is 3.22. The van der Waals surface area contributed by atoms with Gasteiger partial charge in [-0.3, -0.25) is 16.0 Å². The van der Waals surface area contributed by atoms with Gasteiger partial charge in [0.1, 0.15) is 11.0 Å². The molecular formula is C13H15Cl2FN4. The summed E-state index contributed by atoms with van der Waals surface area (Å²) in [6.45, 7) is 1.85. The van der Waals surface area contributed by atoms with E-state index >= 15 is 0 Å². The van der Waals surface area contributed by atoms with Crippen molar-refractivity contribution in [2.24, 2.45) is 12.9 Å². The quantitative estimate of drug-likeness (QED) is 0.673. The molecule has 0 aliphatic heterocycles. The minimum absolute atomic E-state index is 0.345. The molecule has 1 heterocycles. The van der Waals surface area contributed by atoms with E-state index in [1.807, 2.05) is 6.92 Å². The van der Waals surface area contributed by atoms with E-state index < -0.39 is 11.9 Å². The van der Waals surface area contributed by atoms with Crippen LogP contribution in [0.25, 0.3) is 0 Å². The summed E-state index contributed by atoms with van der Waals surface area (Å²) in [5.41, 5.74) is 4.69. The van der Waals surface area contributed by atoms with Crippen molar-refractivity contribution in [2.45, 2.75) is 19.4 Å². The lowest BCUT2D eigenvalue weighted by Crippen LogP contribution is -2.30. The summed E-state index contributed by atoms with van der Waals surface area (Å²) in [5.74, 6) is 5.14. The number of aryl methyl sites for hydroxylation is 2. The number of aromatic nitrogens is 2. The van der Waals surface area contributed by atoms with Gasteiger partial charge >= 0.3 is 0 Å². The molecule has 0 saturated carbocycles. The highest BCUT2D eigenvalue weighted by Crippen LogP contribution is 2.27. The van der Waals surface area contributed by atoms with Crippen LogP contribution in [0, 0.1) is 12.7 Å². The number of hydrazine groups is 1. The molecule has 0 bridgehead atoms. The van der Waals surface area contributed by atoms with Crippen molar-refractivity contribution in [3.05, 3.63) is 51.0 Å². The fourth-order valence-corrected chi connectivity index (χ4v) is 2.56. The standard InChI is InChI=1S/C13H15Cl2FN4/c1-7-10(13(15)20(2)19-7)6-12(18-17)9-4-3-8(14)5-11(9)16/h3-5,12,18H,6,17H2,1-2H3. The van der Waals surface area contributed by atoms with E-state index in [-0.39, 0.29) is 0 Å². The zero-order valence-electron chi connectivity index (χ0n) is 11.1. The van der Waals surface area contributed by atoms with Crippen LogP contribution in [0.1, 0.15) is 22.9 Å². The van der Waals surface area contributed by atoms with Gasteiger partial charge in [-0.2, -0.15) is 5.10 Å². The van der Waals surface area contributed by atoms with Gasteiger partial charge in [0, 0.05) is 23.2 Å². The van der Waals surface area contributed by atoms with Crippen LogP contribution in [0.2, 0.25) is 10.2 Å². The monoisotopic (exact) mass is 316 g/mol. The zero-order chi connectivity index (χ0) is 14.9. The molecule has 0 radical (unpaired) electrons. The molecular weight excluding hydrogens is 302 g/mol. The lowest BCUT2D eigenvalue weighted by molar-refractivity contribution is 0.510. The maximum atomic E-state index is 14.0. The summed E-state index contributed by atoms with van der Waals surface area (Å²) in [6.07, 6.45) is 0.438. The Kier molecular flexibility index (Phi) is 4.65. The summed E-state index contributed by atoms with van der Waals surface area (Å²) in [4.78, 5) is 0. The van der Waals surface area contributed by atoms with Gasteiger partial charge in [-0.05, 0) is 25.5 Å². The topological polar surface area (TPSA) is 55.9 Å². The second kappa shape index (κ2) is 6.10. The van der Waals surface area contributed by atoms with Gasteiger partial charge in [-0.1, -0.05) is 29.3 Å². The Morgan fingerprint density at radius 2 is 2.15 bits per heavy atom. The molecule has 3 N–H and O–H groups in total. The maximum Gasteiger partial charge on any atom is 0.130 e. The van der Waals surface area contributed by atoms with Crippen LogP contribution >= 0.6 is 23.2 Å². The first-order valence-corrected chi connectivity index (χ1v) is 6.78. The molecule has 0 aliphatic carbocycles. The smallest absolute Gasteiger partial charge is 0.130 e. The minimum Gasteiger partial charge on any atom is -0.271 e. The number of hydrogen-bond donors (Lipinski definition) is 2. The fourth-order valence-electron chi connectivity index (χ4n) is 2.15. The molecule has 0 amide bonds. The summed E-state index contributed by atoms with van der Waals surface area (Å²) in [5, 5.41) is 5.10. The van der Waals surface area contributed by atoms with Gasteiger partial charge in [0.05, 0.1) is 11.7 Å². The molecule has 0 saturated heterocycles. The molecule has 0 aliphatic rings. The highest BCUT2D eigenvalue weighted by molar-refractivity contribution is 6.30. The van der Waals surface area contributed by atoms with Gasteiger partial charge in [0.25, 0.3) is 0 Å². The highest BCUT2D eigenvalue weighted by Gasteiger charge is 2.20. The van der Waals surface area contributed by atoms with Crippen molar-refractivity contribution in [3.63, 3.8) is 0 Å². The van der Waals surface area contributed by atoms with E-state index in [0.717, 1.165) is 11.3 Å². The van der Waals surface area contributed by atoms with Crippen molar-refractivity contribution in [1.29, 1.82) is 0 Å². The molecule has 1 aromatic carbocycles. The van der Waals surface area contributed by atoms with Crippen LogP contribution in [0.3, 0.4) is 0 Å². The van der Waals surface area contributed by atoms with Crippen LogP contribution in [0.5, 0.6) is 0 Å². The van der Waals surface area contributed by atoms with E-state index in [1.54, 1.807) is 23.9 Å². The third kappa shape index (κ3) is 2.96. The number of benzene rings is 1. The van der Waals surface area contributed by atoms with Gasteiger partial charge in [0.2, 0.25) is 0 Å². The van der Waals surface area contributed by atoms with Gasteiger partial charge in [0.15, 0.2) is 0 Å². The summed E-state index contributed by atoms with van der Waals surface area (Å²) < 4.78 is 15.5. The minimum atomic E-state index is -0.410. The second-order valence-corrected chi connectivity index (χ2v) is 5.36. The van der Waals surface area contributed by atoms with Crippen LogP contribution < -0.4 is 11.3 Å². The average molecular weight is 317 g/mol. The Labute approximate surface area is 126 Å². The lowest BCUT2D eigenvalue weighted by Gasteiger charge is -2.17. The number of halogens is 3. The average Bonchev–Trinajstić information content (AvgIpc) is 2.62. The largest absolute Gasteiger partial charge is 0.271 e. The summed E-state index contributed by atoms with van der Waals surface area (Å²) in [6, 6.07) is 4.09. The second-order valence-electron chi connectivity index (χ2n) is 4.57. The Bertz CT molecular complexity index is 627. The molecule has 1 aromatic heterocycles. The van der Waals surface area contributed by atoms with Gasteiger partial charge < -0.3 is 0 Å². The first-order chi connectivity index (χ1) is 9.43. The fraction of sp³-hybridized carbons (Fsp3) is 0.308. The summed E-state index contributed by atoms with van der Waals surface area (Å²) >= 11 is 11.9. The molecule has 1 atom stereocenters. The zero-order valence-corrected chi connectivity index (χ0v) is 12.6. The molecule has 2 aromatic rings. The number of hydrogen-bond acceptors (Lipinski definition) is 3. The van der Waals surface area contributed by atoms with Crippen molar-refractivity contribution < 1.29 is 4.39 Å². The normalized spacial score (nSPS) is 12.7. The number of nitrogens with zero attached hydrogens (tertiary/aromatic N) is 2. The highest BCUT2D eigenvalue weighted by atomic mass is 35.5. The Morgan fingerprint density at radius 3 is 2.65 bits per heavy atom. The molecule has 0 fully saturated rings. The molecule has 1 unspecified atom stereocenters. The SMILES string of the molecule is Cc1nn(C)c(Cl)c1CC(NN)c1ccc(Cl)cc1F. The van der Waals surface area contributed by atoms with Crippen LogP contribution in [-0.2, 0) is 13.5 Å². The predicted octanol–water partition coefficient (Wildman–Crippen LogP) is 2.92. The predicted molar refractivity (Wildman–Crippen MR) is 78.1 cm³/mol. The number of nitrogens with two attached hydrogens (primary N) is 1.